The SMILES string of the molecule is CC(C)Sc1ccc(-c2nnc(N)o2)cc1. The molecule has 0 fully saturated rings. The Hall–Kier alpha value is -1.49. The van der Waals surface area contributed by atoms with Crippen LogP contribution in [0.25, 0.3) is 11.5 Å². The number of hydrogen-bond donors (Lipinski definition) is 1. The molecule has 5 heteroatoms. The minimum absolute atomic E-state index is 0.0932. The van der Waals surface area contributed by atoms with E-state index in [1.54, 1.807) is 0 Å². The Bertz CT molecular complexity index is 464. The fourth-order valence-corrected chi connectivity index (χ4v) is 2.14. The second-order valence-electron chi connectivity index (χ2n) is 3.64. The van der Waals surface area contributed by atoms with E-state index in [2.05, 4.69) is 24.0 Å². The van der Waals surface area contributed by atoms with Gasteiger partial charge in [-0.25, -0.2) is 0 Å². The number of rotatable bonds is 3. The van der Waals surface area contributed by atoms with Crippen molar-refractivity contribution in [2.75, 3.05) is 5.73 Å². The molecule has 0 atom stereocenters. The maximum atomic E-state index is 5.37. The van der Waals surface area contributed by atoms with Gasteiger partial charge in [0.05, 0.1) is 0 Å². The van der Waals surface area contributed by atoms with Crippen molar-refractivity contribution in [1.29, 1.82) is 0 Å². The van der Waals surface area contributed by atoms with Gasteiger partial charge >= 0.3 is 6.01 Å². The highest BCUT2D eigenvalue weighted by molar-refractivity contribution is 7.99. The van der Waals surface area contributed by atoms with Crippen molar-refractivity contribution in [2.24, 2.45) is 0 Å². The lowest BCUT2D eigenvalue weighted by atomic mass is 10.2. The Morgan fingerprint density at radius 3 is 2.38 bits per heavy atom. The predicted molar refractivity (Wildman–Crippen MR) is 65.1 cm³/mol. The Kier molecular flexibility index (Phi) is 3.14. The van der Waals surface area contributed by atoms with E-state index >= 15 is 0 Å². The van der Waals surface area contributed by atoms with Crippen molar-refractivity contribution in [3.8, 4) is 11.5 Å². The first kappa shape index (κ1) is 11.0. The first-order valence-electron chi connectivity index (χ1n) is 5.01. The van der Waals surface area contributed by atoms with E-state index in [0.717, 1.165) is 5.56 Å². The maximum Gasteiger partial charge on any atom is 0.313 e. The van der Waals surface area contributed by atoms with Crippen molar-refractivity contribution in [2.45, 2.75) is 24.0 Å². The van der Waals surface area contributed by atoms with Crippen LogP contribution in [-0.2, 0) is 0 Å². The number of thioether (sulfide) groups is 1. The number of benzene rings is 1. The van der Waals surface area contributed by atoms with Crippen LogP contribution in [0.2, 0.25) is 0 Å². The van der Waals surface area contributed by atoms with Gasteiger partial charge in [0.1, 0.15) is 0 Å². The minimum atomic E-state index is 0.0932. The average Bonchev–Trinajstić information content (AvgIpc) is 2.65. The number of nitrogens with two attached hydrogens (primary N) is 1. The van der Waals surface area contributed by atoms with Crippen molar-refractivity contribution >= 4 is 17.8 Å². The molecule has 4 nitrogen and oxygen atoms in total. The quantitative estimate of drug-likeness (QED) is 0.829. The van der Waals surface area contributed by atoms with Gasteiger partial charge in [0.2, 0.25) is 5.89 Å². The van der Waals surface area contributed by atoms with Crippen LogP contribution >= 0.6 is 11.8 Å². The predicted octanol–water partition coefficient (Wildman–Crippen LogP) is 2.82. The third kappa shape index (κ3) is 2.55. The summed E-state index contributed by atoms with van der Waals surface area (Å²) in [5, 5.41) is 8.02. The maximum absolute atomic E-state index is 5.37. The summed E-state index contributed by atoms with van der Waals surface area (Å²) < 4.78 is 5.14. The molecule has 16 heavy (non-hydrogen) atoms. The van der Waals surface area contributed by atoms with Gasteiger partial charge in [-0.05, 0) is 24.3 Å². The molecule has 2 rings (SSSR count). The van der Waals surface area contributed by atoms with Gasteiger partial charge in [-0.2, -0.15) is 0 Å². The van der Waals surface area contributed by atoms with Gasteiger partial charge in [0.15, 0.2) is 0 Å². The Morgan fingerprint density at radius 2 is 1.88 bits per heavy atom. The normalized spacial score (nSPS) is 10.9. The van der Waals surface area contributed by atoms with Crippen LogP contribution in [0.4, 0.5) is 6.01 Å². The van der Waals surface area contributed by atoms with Crippen molar-refractivity contribution in [3.63, 3.8) is 0 Å². The molecule has 1 aromatic heterocycles. The van der Waals surface area contributed by atoms with E-state index < -0.39 is 0 Å². The van der Waals surface area contributed by atoms with Crippen molar-refractivity contribution in [1.82, 2.24) is 10.2 Å². The zero-order valence-electron chi connectivity index (χ0n) is 9.18. The third-order valence-corrected chi connectivity index (χ3v) is 2.93. The van der Waals surface area contributed by atoms with E-state index in [9.17, 15) is 0 Å². The zero-order valence-corrected chi connectivity index (χ0v) is 9.99. The van der Waals surface area contributed by atoms with Crippen LogP contribution in [0.1, 0.15) is 13.8 Å². The Labute approximate surface area is 98.2 Å². The molecular formula is C11H13N3OS. The molecule has 0 aliphatic rings. The van der Waals surface area contributed by atoms with Gasteiger partial charge < -0.3 is 10.2 Å². The Morgan fingerprint density at radius 1 is 1.19 bits per heavy atom. The summed E-state index contributed by atoms with van der Waals surface area (Å²) in [6.45, 7) is 4.33. The highest BCUT2D eigenvalue weighted by atomic mass is 32.2. The van der Waals surface area contributed by atoms with Crippen molar-refractivity contribution < 1.29 is 4.42 Å². The van der Waals surface area contributed by atoms with Gasteiger partial charge in [0.25, 0.3) is 0 Å². The number of nitrogen functional groups attached to an aromatic ring is 1. The molecule has 0 aliphatic heterocycles. The lowest BCUT2D eigenvalue weighted by Gasteiger charge is -2.04. The summed E-state index contributed by atoms with van der Waals surface area (Å²) in [5.41, 5.74) is 6.25. The van der Waals surface area contributed by atoms with E-state index in [0.29, 0.717) is 11.1 Å². The number of anilines is 1. The molecule has 1 heterocycles. The van der Waals surface area contributed by atoms with Crippen molar-refractivity contribution in [3.05, 3.63) is 24.3 Å². The summed E-state index contributed by atoms with van der Waals surface area (Å²) in [5.74, 6) is 0.457. The summed E-state index contributed by atoms with van der Waals surface area (Å²) in [6.07, 6.45) is 0. The summed E-state index contributed by atoms with van der Waals surface area (Å²) in [7, 11) is 0. The fraction of sp³-hybridized carbons (Fsp3) is 0.273. The molecular weight excluding hydrogens is 222 g/mol. The van der Waals surface area contributed by atoms with Crippen LogP contribution < -0.4 is 5.73 Å². The minimum Gasteiger partial charge on any atom is -0.404 e. The first-order chi connectivity index (χ1) is 7.65. The van der Waals surface area contributed by atoms with Crippen LogP contribution in [0.5, 0.6) is 0 Å². The first-order valence-corrected chi connectivity index (χ1v) is 5.89. The largest absolute Gasteiger partial charge is 0.404 e. The highest BCUT2D eigenvalue weighted by Crippen LogP contribution is 2.26. The van der Waals surface area contributed by atoms with Crippen LogP contribution in [-0.4, -0.2) is 15.4 Å². The molecule has 0 unspecified atom stereocenters. The smallest absolute Gasteiger partial charge is 0.313 e. The molecule has 0 amide bonds. The number of aromatic nitrogens is 2. The van der Waals surface area contributed by atoms with Crippen LogP contribution in [0.15, 0.2) is 33.6 Å². The molecule has 0 saturated carbocycles. The highest BCUT2D eigenvalue weighted by Gasteiger charge is 2.06. The molecule has 2 aromatic rings. The molecule has 2 N–H and O–H groups in total. The molecule has 0 spiro atoms. The van der Waals surface area contributed by atoms with Crippen LogP contribution in [0, 0.1) is 0 Å². The molecule has 0 saturated heterocycles. The van der Waals surface area contributed by atoms with E-state index in [1.807, 2.05) is 36.0 Å². The van der Waals surface area contributed by atoms with Gasteiger partial charge in [-0.3, -0.25) is 0 Å². The molecule has 1 aromatic carbocycles. The molecule has 84 valence electrons. The van der Waals surface area contributed by atoms with Crippen LogP contribution in [0.3, 0.4) is 0 Å². The lowest BCUT2D eigenvalue weighted by Crippen LogP contribution is -1.85. The molecule has 0 radical (unpaired) electrons. The lowest BCUT2D eigenvalue weighted by molar-refractivity contribution is 0.590. The second-order valence-corrected chi connectivity index (χ2v) is 5.29. The standard InChI is InChI=1S/C11H13N3OS/c1-7(2)16-9-5-3-8(4-6-9)10-13-14-11(12)15-10/h3-7H,1-2H3,(H2,12,14). The average molecular weight is 235 g/mol. The monoisotopic (exact) mass is 235 g/mol. The summed E-state index contributed by atoms with van der Waals surface area (Å²) in [4.78, 5) is 1.23. The molecule has 0 bridgehead atoms. The fourth-order valence-electron chi connectivity index (χ4n) is 1.30. The van der Waals surface area contributed by atoms with Gasteiger partial charge in [-0.1, -0.05) is 18.9 Å². The Balaban J connectivity index is 2.19. The molecule has 0 aliphatic carbocycles. The second kappa shape index (κ2) is 4.57. The summed E-state index contributed by atoms with van der Waals surface area (Å²) in [6, 6.07) is 8.09. The van der Waals surface area contributed by atoms with E-state index in [4.69, 9.17) is 10.2 Å². The zero-order chi connectivity index (χ0) is 11.5. The van der Waals surface area contributed by atoms with E-state index in [1.165, 1.54) is 4.90 Å². The van der Waals surface area contributed by atoms with Gasteiger partial charge in [-0.15, -0.1) is 16.9 Å². The third-order valence-electron chi connectivity index (χ3n) is 1.91. The number of hydrogen-bond acceptors (Lipinski definition) is 5. The van der Waals surface area contributed by atoms with Gasteiger partial charge in [0, 0.05) is 15.7 Å². The number of nitrogens with zero attached hydrogens (tertiary/aromatic N) is 2. The topological polar surface area (TPSA) is 64.9 Å². The summed E-state index contributed by atoms with van der Waals surface area (Å²) >= 11 is 1.82. The van der Waals surface area contributed by atoms with E-state index in [-0.39, 0.29) is 6.01 Å².